The van der Waals surface area contributed by atoms with Crippen molar-refractivity contribution in [2.24, 2.45) is 0 Å². The number of benzene rings is 1. The van der Waals surface area contributed by atoms with Crippen molar-refractivity contribution in [3.8, 4) is 6.07 Å². The van der Waals surface area contributed by atoms with Crippen LogP contribution in [-0.4, -0.2) is 56.8 Å². The lowest BCUT2D eigenvalue weighted by atomic mass is 10.1. The van der Waals surface area contributed by atoms with Gasteiger partial charge in [0.25, 0.3) is 5.91 Å². The van der Waals surface area contributed by atoms with Crippen LogP contribution in [0.25, 0.3) is 0 Å². The number of anilines is 1. The summed E-state index contributed by atoms with van der Waals surface area (Å²) in [6.07, 6.45) is -4.77. The van der Waals surface area contributed by atoms with Gasteiger partial charge in [0.1, 0.15) is 11.2 Å². The third-order valence-corrected chi connectivity index (χ3v) is 6.59. The Hall–Kier alpha value is -2.43. The fourth-order valence-corrected chi connectivity index (χ4v) is 4.39. The van der Waals surface area contributed by atoms with Crippen molar-refractivity contribution < 1.29 is 35.2 Å². The van der Waals surface area contributed by atoms with E-state index in [-0.39, 0.29) is 16.3 Å². The molecular formula is C18H16ClF5N4O3S. The third-order valence-electron chi connectivity index (χ3n) is 5.05. The molecule has 0 atom stereocenters. The number of likely N-dealkylation sites (N-methyl/N-ethyl adjacent to an activating group) is 1. The number of alkyl halides is 5. The van der Waals surface area contributed by atoms with Gasteiger partial charge in [0.15, 0.2) is 9.84 Å². The lowest BCUT2D eigenvalue weighted by Crippen LogP contribution is -2.47. The summed E-state index contributed by atoms with van der Waals surface area (Å²) in [5.41, 5.74) is -3.49. The van der Waals surface area contributed by atoms with E-state index in [4.69, 9.17) is 16.9 Å². The number of sulfone groups is 1. The second kappa shape index (κ2) is 7.57. The number of halogens is 6. The third kappa shape index (κ3) is 4.14. The first-order valence-corrected chi connectivity index (χ1v) is 11.2. The molecule has 1 heterocycles. The average molecular weight is 499 g/mol. The predicted molar refractivity (Wildman–Crippen MR) is 104 cm³/mol. The molecule has 0 spiro atoms. The van der Waals surface area contributed by atoms with Crippen molar-refractivity contribution in [2.45, 2.75) is 30.5 Å². The van der Waals surface area contributed by atoms with Crippen LogP contribution in [0.2, 0.25) is 5.02 Å². The Bertz CT molecular complexity index is 1160. The number of nitrogens with zero attached hydrogens (tertiary/aromatic N) is 3. The zero-order chi connectivity index (χ0) is 24.3. The number of hydrogen-bond donors (Lipinski definition) is 1. The van der Waals surface area contributed by atoms with Crippen molar-refractivity contribution in [1.82, 2.24) is 10.3 Å². The molecule has 1 fully saturated rings. The maximum Gasteiger partial charge on any atom is 0.459 e. The van der Waals surface area contributed by atoms with Crippen molar-refractivity contribution in [1.29, 1.82) is 5.26 Å². The quantitative estimate of drug-likeness (QED) is 0.626. The van der Waals surface area contributed by atoms with Gasteiger partial charge in [-0.3, -0.25) is 9.80 Å². The number of rotatable bonds is 5. The number of carbonyl (C=O) groups excluding carboxylic acids is 1. The van der Waals surface area contributed by atoms with E-state index in [2.05, 4.69) is 5.32 Å². The van der Waals surface area contributed by atoms with Crippen LogP contribution >= 0.6 is 11.6 Å². The van der Waals surface area contributed by atoms with Crippen LogP contribution in [0.5, 0.6) is 0 Å². The first kappa shape index (κ1) is 24.2. The van der Waals surface area contributed by atoms with E-state index in [1.54, 1.807) is 0 Å². The van der Waals surface area contributed by atoms with E-state index in [1.165, 1.54) is 0 Å². The minimum atomic E-state index is -6.08. The van der Waals surface area contributed by atoms with Crippen LogP contribution in [0.15, 0.2) is 28.8 Å². The smallest absolute Gasteiger partial charge is 0.334 e. The van der Waals surface area contributed by atoms with Crippen molar-refractivity contribution >= 4 is 33.0 Å². The molecule has 1 N–H and O–H groups in total. The summed E-state index contributed by atoms with van der Waals surface area (Å²) in [5, 5.41) is 12.7. The molecule has 7 nitrogen and oxygen atoms in total. The molecule has 0 unspecified atom stereocenters. The summed E-state index contributed by atoms with van der Waals surface area (Å²) >= 11 is 6.01. The summed E-state index contributed by atoms with van der Waals surface area (Å²) in [4.78, 5) is 11.5. The number of hydrazine groups is 1. The maximum atomic E-state index is 14.5. The summed E-state index contributed by atoms with van der Waals surface area (Å²) in [5.74, 6) is -6.34. The first-order chi connectivity index (χ1) is 14.5. The molecule has 0 bridgehead atoms. The van der Waals surface area contributed by atoms with E-state index in [1.807, 2.05) is 6.07 Å². The second-order valence-electron chi connectivity index (χ2n) is 7.56. The van der Waals surface area contributed by atoms with E-state index < -0.39 is 50.5 Å². The van der Waals surface area contributed by atoms with Crippen LogP contribution < -0.4 is 10.3 Å². The largest absolute Gasteiger partial charge is 0.459 e. The molecule has 3 rings (SSSR count). The Morgan fingerprint density at radius 2 is 1.84 bits per heavy atom. The minimum Gasteiger partial charge on any atom is -0.334 e. The van der Waals surface area contributed by atoms with E-state index >= 15 is 0 Å². The van der Waals surface area contributed by atoms with Gasteiger partial charge in [-0.2, -0.15) is 27.2 Å². The summed E-state index contributed by atoms with van der Waals surface area (Å²) in [7, 11) is -3.33. The van der Waals surface area contributed by atoms with Gasteiger partial charge in [0.05, 0.1) is 33.8 Å². The number of allylic oxidation sites excluding steroid dienone is 1. The molecule has 1 saturated carbocycles. The fraction of sp³-hybridized carbons (Fsp3) is 0.444. The normalized spacial score (nSPS) is 19.2. The Morgan fingerprint density at radius 1 is 1.25 bits per heavy atom. The van der Waals surface area contributed by atoms with E-state index in [0.717, 1.165) is 30.3 Å². The average Bonchev–Trinajstić information content (AvgIpc) is 3.33. The molecule has 0 radical (unpaired) electrons. The van der Waals surface area contributed by atoms with E-state index in [0.29, 0.717) is 24.1 Å². The molecule has 1 aromatic rings. The van der Waals surface area contributed by atoms with Gasteiger partial charge in [-0.1, -0.05) is 11.6 Å². The molecule has 1 aliphatic heterocycles. The molecule has 32 heavy (non-hydrogen) atoms. The monoisotopic (exact) mass is 498 g/mol. The Kier molecular flexibility index (Phi) is 5.73. The molecule has 0 aromatic heterocycles. The van der Waals surface area contributed by atoms with Gasteiger partial charge in [-0.25, -0.2) is 13.4 Å². The fourth-order valence-electron chi connectivity index (χ4n) is 3.20. The number of hydrogen-bond acceptors (Lipinski definition) is 6. The van der Waals surface area contributed by atoms with Gasteiger partial charge < -0.3 is 5.32 Å². The Morgan fingerprint density at radius 3 is 2.31 bits per heavy atom. The second-order valence-corrected chi connectivity index (χ2v) is 10.0. The summed E-state index contributed by atoms with van der Waals surface area (Å²) in [6, 6.07) is 5.06. The first-order valence-electron chi connectivity index (χ1n) is 8.97. The van der Waals surface area contributed by atoms with Gasteiger partial charge in [0, 0.05) is 13.3 Å². The molecule has 1 amide bonds. The highest BCUT2D eigenvalue weighted by Gasteiger charge is 2.65. The minimum absolute atomic E-state index is 0.140. The van der Waals surface area contributed by atoms with Gasteiger partial charge in [-0.05, 0) is 31.0 Å². The number of carbonyl (C=O) groups is 1. The van der Waals surface area contributed by atoms with Crippen molar-refractivity contribution in [3.05, 3.63) is 39.4 Å². The summed E-state index contributed by atoms with van der Waals surface area (Å²) < 4.78 is 92.7. The molecule has 174 valence electrons. The number of nitriles is 1. The highest BCUT2D eigenvalue weighted by molar-refractivity contribution is 7.94. The predicted octanol–water partition coefficient (Wildman–Crippen LogP) is 3.25. The molecular weight excluding hydrogens is 483 g/mol. The molecule has 2 aliphatic rings. The molecule has 1 aromatic carbocycles. The van der Waals surface area contributed by atoms with Crippen LogP contribution in [0.4, 0.5) is 27.6 Å². The lowest BCUT2D eigenvalue weighted by molar-refractivity contribution is -0.265. The zero-order valence-electron chi connectivity index (χ0n) is 16.6. The highest BCUT2D eigenvalue weighted by atomic mass is 35.5. The number of amides is 1. The topological polar surface area (TPSA) is 93.5 Å². The Balaban J connectivity index is 2.14. The van der Waals surface area contributed by atoms with Gasteiger partial charge >= 0.3 is 12.1 Å². The summed E-state index contributed by atoms with van der Waals surface area (Å²) in [6.45, 7) is -0.748. The van der Waals surface area contributed by atoms with Crippen molar-refractivity contribution in [2.75, 3.05) is 24.9 Å². The molecule has 0 saturated heterocycles. The van der Waals surface area contributed by atoms with Crippen LogP contribution in [-0.2, 0) is 9.84 Å². The SMILES string of the molecule is CN1CC(S(C)(=O)=O)=C(C(F)(F)C(F)(F)F)N1c1ccc(Cl)c(C(=O)NC2(C#N)CC2)c1. The van der Waals surface area contributed by atoms with Crippen molar-refractivity contribution in [3.63, 3.8) is 0 Å². The lowest BCUT2D eigenvalue weighted by Gasteiger charge is -2.33. The standard InChI is InChI=1S/C18H16ClF5N4O3S/c1-27-8-13(32(2,30)31)14(17(20,21)18(22,23)24)28(27)10-3-4-12(19)11(7-10)15(29)26-16(9-25)5-6-16/h3-4,7H,5-6,8H2,1-2H3,(H,26,29). The van der Waals surface area contributed by atoms with Gasteiger partial charge in [0.2, 0.25) is 0 Å². The molecule has 1 aliphatic carbocycles. The van der Waals surface area contributed by atoms with Crippen LogP contribution in [0.1, 0.15) is 23.2 Å². The Labute approximate surface area is 184 Å². The number of nitrogens with one attached hydrogen (secondary N) is 1. The van der Waals surface area contributed by atoms with Crippen LogP contribution in [0, 0.1) is 11.3 Å². The molecule has 14 heteroatoms. The van der Waals surface area contributed by atoms with E-state index in [9.17, 15) is 35.2 Å². The maximum absolute atomic E-state index is 14.5. The van der Waals surface area contributed by atoms with Crippen LogP contribution in [0.3, 0.4) is 0 Å². The zero-order valence-corrected chi connectivity index (χ0v) is 18.2. The van der Waals surface area contributed by atoms with Gasteiger partial charge in [-0.15, -0.1) is 0 Å². The highest BCUT2D eigenvalue weighted by Crippen LogP contribution is 2.48.